The van der Waals surface area contributed by atoms with E-state index in [4.69, 9.17) is 11.6 Å². The first-order chi connectivity index (χ1) is 12.8. The topological polar surface area (TPSA) is 75.7 Å². The van der Waals surface area contributed by atoms with Gasteiger partial charge in [-0.15, -0.1) is 0 Å². The van der Waals surface area contributed by atoms with Crippen LogP contribution in [0, 0.1) is 11.8 Å². The van der Waals surface area contributed by atoms with Crippen LogP contribution < -0.4 is 10.1 Å². The number of allylic oxidation sites excluding steroid dienone is 2. The van der Waals surface area contributed by atoms with E-state index in [0.717, 1.165) is 4.90 Å². The summed E-state index contributed by atoms with van der Waals surface area (Å²) in [6, 6.07) is 2.78. The van der Waals surface area contributed by atoms with Crippen molar-refractivity contribution in [1.29, 1.82) is 0 Å². The van der Waals surface area contributed by atoms with Crippen molar-refractivity contribution in [1.82, 2.24) is 4.90 Å². The Morgan fingerprint density at radius 1 is 1.22 bits per heavy atom. The first-order valence-electron chi connectivity index (χ1n) is 8.36. The molecule has 1 aliphatic carbocycles. The number of hydrogen-bond donors (Lipinski definition) is 1. The molecule has 0 bridgehead atoms. The summed E-state index contributed by atoms with van der Waals surface area (Å²) < 4.78 is 28.8. The Labute approximate surface area is 159 Å². The van der Waals surface area contributed by atoms with E-state index >= 15 is 0 Å². The molecular formula is C18H17ClF2N2O4. The zero-order valence-corrected chi connectivity index (χ0v) is 15.1. The van der Waals surface area contributed by atoms with Crippen molar-refractivity contribution in [3.8, 4) is 5.75 Å². The lowest BCUT2D eigenvalue weighted by Gasteiger charge is -2.22. The summed E-state index contributed by atoms with van der Waals surface area (Å²) >= 11 is 5.86. The highest BCUT2D eigenvalue weighted by Crippen LogP contribution is 2.36. The second-order valence-corrected chi connectivity index (χ2v) is 6.80. The molecular weight excluding hydrogens is 382 g/mol. The van der Waals surface area contributed by atoms with Crippen molar-refractivity contribution < 1.29 is 27.9 Å². The van der Waals surface area contributed by atoms with Gasteiger partial charge in [-0.25, -0.2) is 0 Å². The molecule has 1 aromatic carbocycles. The molecule has 9 heteroatoms. The van der Waals surface area contributed by atoms with E-state index in [9.17, 15) is 23.2 Å². The van der Waals surface area contributed by atoms with Crippen molar-refractivity contribution >= 4 is 35.0 Å². The number of ether oxygens (including phenoxy) is 1. The van der Waals surface area contributed by atoms with E-state index in [1.54, 1.807) is 0 Å². The van der Waals surface area contributed by atoms with Crippen LogP contribution in [-0.4, -0.2) is 35.3 Å². The standard InChI is InChI=1S/C18H17ClF2N2O4/c1-9(23-16(25)11-4-2-3-5-12(11)17(23)26)15(24)22-10-6-7-14(13(19)8-10)27-18(20)21/h2-3,6-9,11-12,18H,4-5H2,1H3,(H,22,24)/t9-,11-,12+/m0/s1. The minimum absolute atomic E-state index is 0.105. The molecule has 144 valence electrons. The van der Waals surface area contributed by atoms with Gasteiger partial charge in [0.05, 0.1) is 16.9 Å². The highest BCUT2D eigenvalue weighted by atomic mass is 35.5. The molecule has 3 amide bonds. The molecule has 0 spiro atoms. The molecule has 3 atom stereocenters. The lowest BCUT2D eigenvalue weighted by Crippen LogP contribution is -2.46. The van der Waals surface area contributed by atoms with Gasteiger partial charge in [0, 0.05) is 5.69 Å². The maximum atomic E-state index is 12.5. The summed E-state index contributed by atoms with van der Waals surface area (Å²) in [5, 5.41) is 2.43. The number of benzene rings is 1. The Hall–Kier alpha value is -2.48. The average molecular weight is 399 g/mol. The molecule has 2 aliphatic rings. The number of carbonyl (C=O) groups excluding carboxylic acids is 3. The Bertz CT molecular complexity index is 789. The van der Waals surface area contributed by atoms with Gasteiger partial charge in [-0.2, -0.15) is 8.78 Å². The predicted octanol–water partition coefficient (Wildman–Crippen LogP) is 3.22. The number of amides is 3. The predicted molar refractivity (Wildman–Crippen MR) is 93.4 cm³/mol. The van der Waals surface area contributed by atoms with Crippen molar-refractivity contribution in [2.24, 2.45) is 11.8 Å². The normalized spacial score (nSPS) is 22.8. The number of alkyl halides is 2. The van der Waals surface area contributed by atoms with Gasteiger partial charge < -0.3 is 10.1 Å². The van der Waals surface area contributed by atoms with Gasteiger partial charge in [-0.1, -0.05) is 23.8 Å². The van der Waals surface area contributed by atoms with Crippen LogP contribution in [0.1, 0.15) is 19.8 Å². The van der Waals surface area contributed by atoms with Gasteiger partial charge in [-0.3, -0.25) is 19.3 Å². The molecule has 0 radical (unpaired) electrons. The fraction of sp³-hybridized carbons (Fsp3) is 0.389. The van der Waals surface area contributed by atoms with Crippen molar-refractivity contribution in [2.75, 3.05) is 5.32 Å². The summed E-state index contributed by atoms with van der Waals surface area (Å²) in [6.45, 7) is -1.56. The number of rotatable bonds is 5. The number of nitrogens with zero attached hydrogens (tertiary/aromatic N) is 1. The lowest BCUT2D eigenvalue weighted by atomic mass is 9.85. The zero-order valence-electron chi connectivity index (χ0n) is 14.3. The number of anilines is 1. The molecule has 1 aromatic rings. The molecule has 0 aromatic heterocycles. The highest BCUT2D eigenvalue weighted by Gasteiger charge is 2.50. The molecule has 0 saturated carbocycles. The monoisotopic (exact) mass is 398 g/mol. The van der Waals surface area contributed by atoms with E-state index in [1.165, 1.54) is 25.1 Å². The number of nitrogens with one attached hydrogen (secondary N) is 1. The van der Waals surface area contributed by atoms with E-state index in [0.29, 0.717) is 12.8 Å². The summed E-state index contributed by atoms with van der Waals surface area (Å²) in [4.78, 5) is 38.6. The third-order valence-corrected chi connectivity index (χ3v) is 5.02. The van der Waals surface area contributed by atoms with Crippen molar-refractivity contribution in [3.05, 3.63) is 35.4 Å². The highest BCUT2D eigenvalue weighted by molar-refractivity contribution is 6.32. The quantitative estimate of drug-likeness (QED) is 0.610. The molecule has 3 rings (SSSR count). The number of halogens is 3. The van der Waals surface area contributed by atoms with Crippen LogP contribution in [0.3, 0.4) is 0 Å². The van der Waals surface area contributed by atoms with Gasteiger partial charge in [0.25, 0.3) is 0 Å². The molecule has 1 aliphatic heterocycles. The number of fused-ring (bicyclic) bond motifs is 1. The van der Waals surface area contributed by atoms with E-state index in [1.807, 2.05) is 12.2 Å². The van der Waals surface area contributed by atoms with Crippen LogP contribution in [0.15, 0.2) is 30.4 Å². The summed E-state index contributed by atoms with van der Waals surface area (Å²) in [5.74, 6) is -2.34. The Balaban J connectivity index is 1.70. The summed E-state index contributed by atoms with van der Waals surface area (Å²) in [7, 11) is 0. The van der Waals surface area contributed by atoms with Gasteiger partial charge in [-0.05, 0) is 38.0 Å². The molecule has 1 fully saturated rings. The minimum atomic E-state index is -3.02. The third kappa shape index (κ3) is 3.80. The first-order valence-corrected chi connectivity index (χ1v) is 8.74. The number of likely N-dealkylation sites (tertiary alicyclic amines) is 1. The summed E-state index contributed by atoms with van der Waals surface area (Å²) in [6.07, 6.45) is 4.71. The molecule has 6 nitrogen and oxygen atoms in total. The van der Waals surface area contributed by atoms with Gasteiger partial charge in [0.1, 0.15) is 11.8 Å². The van der Waals surface area contributed by atoms with Crippen molar-refractivity contribution in [3.63, 3.8) is 0 Å². The number of imide groups is 1. The molecule has 27 heavy (non-hydrogen) atoms. The van der Waals surface area contributed by atoms with Crippen LogP contribution >= 0.6 is 11.6 Å². The SMILES string of the molecule is C[C@@H](C(=O)Nc1ccc(OC(F)F)c(Cl)c1)N1C(=O)[C@H]2CC=CC[C@H]2C1=O. The first kappa shape index (κ1) is 19.3. The fourth-order valence-corrected chi connectivity index (χ4v) is 3.57. The molecule has 0 unspecified atom stereocenters. The van der Waals surface area contributed by atoms with E-state index in [2.05, 4.69) is 10.1 Å². The molecule has 1 heterocycles. The average Bonchev–Trinajstić information content (AvgIpc) is 2.88. The number of carbonyl (C=O) groups is 3. The van der Waals surface area contributed by atoms with Gasteiger partial charge in [0.15, 0.2) is 0 Å². The maximum Gasteiger partial charge on any atom is 0.387 e. The number of hydrogen-bond acceptors (Lipinski definition) is 4. The Kier molecular flexibility index (Phi) is 5.46. The molecule has 1 saturated heterocycles. The van der Waals surface area contributed by atoms with Gasteiger partial charge >= 0.3 is 6.61 Å². The fourth-order valence-electron chi connectivity index (χ4n) is 3.34. The Morgan fingerprint density at radius 2 is 1.81 bits per heavy atom. The minimum Gasteiger partial charge on any atom is -0.433 e. The molecule has 1 N–H and O–H groups in total. The second-order valence-electron chi connectivity index (χ2n) is 6.39. The zero-order chi connectivity index (χ0) is 19.7. The smallest absolute Gasteiger partial charge is 0.387 e. The third-order valence-electron chi connectivity index (χ3n) is 4.72. The van der Waals surface area contributed by atoms with Crippen LogP contribution in [0.25, 0.3) is 0 Å². The van der Waals surface area contributed by atoms with E-state index in [-0.39, 0.29) is 28.3 Å². The van der Waals surface area contributed by atoms with Crippen LogP contribution in [0.5, 0.6) is 5.75 Å². The summed E-state index contributed by atoms with van der Waals surface area (Å²) in [5.41, 5.74) is 0.233. The second kappa shape index (κ2) is 7.64. The van der Waals surface area contributed by atoms with E-state index < -0.39 is 30.4 Å². The van der Waals surface area contributed by atoms with Gasteiger partial charge in [0.2, 0.25) is 17.7 Å². The van der Waals surface area contributed by atoms with Crippen LogP contribution in [0.4, 0.5) is 14.5 Å². The largest absolute Gasteiger partial charge is 0.433 e. The van der Waals surface area contributed by atoms with Crippen LogP contribution in [0.2, 0.25) is 5.02 Å². The van der Waals surface area contributed by atoms with Crippen LogP contribution in [-0.2, 0) is 14.4 Å². The Morgan fingerprint density at radius 3 is 2.33 bits per heavy atom. The van der Waals surface area contributed by atoms with Crippen molar-refractivity contribution in [2.45, 2.75) is 32.4 Å². The lowest BCUT2D eigenvalue weighted by molar-refractivity contribution is -0.146. The maximum absolute atomic E-state index is 12.5.